The Morgan fingerprint density at radius 1 is 1.38 bits per heavy atom. The van der Waals surface area contributed by atoms with Crippen LogP contribution in [0.2, 0.25) is 0 Å². The molecule has 0 radical (unpaired) electrons. The monoisotopic (exact) mass is 220 g/mol. The number of hydrogen-bond acceptors (Lipinski definition) is 4. The quantitative estimate of drug-likeness (QED) is 0.805. The first-order valence-electron chi connectivity index (χ1n) is 5.05. The minimum atomic E-state index is -0.286. The van der Waals surface area contributed by atoms with Gasteiger partial charge in [0.2, 0.25) is 0 Å². The van der Waals surface area contributed by atoms with E-state index in [0.717, 1.165) is 0 Å². The molecule has 1 heterocycles. The molecule has 1 aromatic heterocycles. The summed E-state index contributed by atoms with van der Waals surface area (Å²) in [6.07, 6.45) is 0.589. The average Bonchev–Trinajstić information content (AvgIpc) is 2.28. The van der Waals surface area contributed by atoms with Crippen molar-refractivity contribution in [2.24, 2.45) is 0 Å². The highest BCUT2D eigenvalue weighted by atomic mass is 16.3. The van der Waals surface area contributed by atoms with Crippen LogP contribution in [0.15, 0.2) is 27.4 Å². The van der Waals surface area contributed by atoms with E-state index in [9.17, 15) is 9.90 Å². The van der Waals surface area contributed by atoms with Crippen molar-refractivity contribution in [2.75, 3.05) is 0 Å². The van der Waals surface area contributed by atoms with Crippen molar-refractivity contribution in [2.45, 2.75) is 20.0 Å². The minimum absolute atomic E-state index is 0.122. The van der Waals surface area contributed by atoms with E-state index in [1.54, 1.807) is 6.07 Å². The number of phenols is 1. The van der Waals surface area contributed by atoms with Crippen LogP contribution >= 0.6 is 0 Å². The molecule has 0 fully saturated rings. The number of aryl methyl sites for hydroxylation is 1. The highest BCUT2D eigenvalue weighted by Gasteiger charge is 2.11. The Morgan fingerprint density at radius 3 is 2.75 bits per heavy atom. The summed E-state index contributed by atoms with van der Waals surface area (Å²) in [6.45, 7) is 1.64. The molecular weight excluding hydrogens is 208 g/mol. The maximum atomic E-state index is 11.7. The molecule has 0 spiro atoms. The molecule has 0 saturated heterocycles. The molecule has 16 heavy (non-hydrogen) atoms. The summed E-state index contributed by atoms with van der Waals surface area (Å²) in [5.74, 6) is 0.418. The molecule has 1 aromatic carbocycles. The molecule has 84 valence electrons. The molecule has 2 rings (SSSR count). The second-order valence-electron chi connectivity index (χ2n) is 3.54. The van der Waals surface area contributed by atoms with Crippen molar-refractivity contribution in [3.05, 3.63) is 39.7 Å². The Balaban J connectivity index is 2.93. The van der Waals surface area contributed by atoms with Crippen LogP contribution in [0.4, 0.5) is 0 Å². The lowest BCUT2D eigenvalue weighted by atomic mass is 10.1. The van der Waals surface area contributed by atoms with Gasteiger partial charge >= 0.3 is 0 Å². The zero-order valence-electron chi connectivity index (χ0n) is 8.86. The molecule has 0 bridgehead atoms. The zero-order valence-corrected chi connectivity index (χ0v) is 8.86. The summed E-state index contributed by atoms with van der Waals surface area (Å²) >= 11 is 0. The highest BCUT2D eigenvalue weighted by Crippen LogP contribution is 2.25. The summed E-state index contributed by atoms with van der Waals surface area (Å²) in [5, 5.41) is 18.9. The summed E-state index contributed by atoms with van der Waals surface area (Å²) in [4.78, 5) is 11.7. The van der Waals surface area contributed by atoms with E-state index in [0.29, 0.717) is 17.7 Å². The number of hydrogen-bond donors (Lipinski definition) is 2. The van der Waals surface area contributed by atoms with E-state index in [1.807, 2.05) is 6.92 Å². The number of phenolic OH excluding ortho intramolecular Hbond substituents is 1. The molecule has 2 aromatic rings. The molecule has 0 unspecified atom stereocenters. The van der Waals surface area contributed by atoms with Gasteiger partial charge in [-0.25, -0.2) is 0 Å². The second-order valence-corrected chi connectivity index (χ2v) is 3.54. The lowest BCUT2D eigenvalue weighted by Gasteiger charge is -2.06. The third-order valence-corrected chi connectivity index (χ3v) is 2.51. The van der Waals surface area contributed by atoms with Gasteiger partial charge in [0.05, 0.1) is 6.61 Å². The number of benzene rings is 1. The number of fused-ring (bicyclic) bond motifs is 1. The zero-order chi connectivity index (χ0) is 11.7. The van der Waals surface area contributed by atoms with Crippen LogP contribution in [0.1, 0.15) is 18.2 Å². The predicted octanol–water partition coefficient (Wildman–Crippen LogP) is 1.55. The van der Waals surface area contributed by atoms with E-state index >= 15 is 0 Å². The SMILES string of the molecule is CCc1cc(=O)c2c(O)ccc(CO)c2o1. The Hall–Kier alpha value is -1.81. The molecule has 0 atom stereocenters. The molecule has 0 saturated carbocycles. The molecule has 2 N–H and O–H groups in total. The predicted molar refractivity (Wildman–Crippen MR) is 59.4 cm³/mol. The first-order chi connectivity index (χ1) is 7.67. The Bertz CT molecular complexity index is 583. The van der Waals surface area contributed by atoms with Crippen molar-refractivity contribution in [1.82, 2.24) is 0 Å². The second kappa shape index (κ2) is 3.98. The van der Waals surface area contributed by atoms with E-state index in [2.05, 4.69) is 0 Å². The normalized spacial score (nSPS) is 10.9. The van der Waals surface area contributed by atoms with Crippen LogP contribution < -0.4 is 5.43 Å². The largest absolute Gasteiger partial charge is 0.507 e. The fourth-order valence-corrected chi connectivity index (χ4v) is 1.65. The summed E-state index contributed by atoms with van der Waals surface area (Å²) < 4.78 is 5.47. The van der Waals surface area contributed by atoms with Crippen molar-refractivity contribution in [3.8, 4) is 5.75 Å². The topological polar surface area (TPSA) is 70.7 Å². The Labute approximate surface area is 91.8 Å². The van der Waals surface area contributed by atoms with Gasteiger partial charge in [0.1, 0.15) is 22.5 Å². The summed E-state index contributed by atoms with van der Waals surface area (Å²) in [7, 11) is 0. The Morgan fingerprint density at radius 2 is 2.12 bits per heavy atom. The van der Waals surface area contributed by atoms with Crippen molar-refractivity contribution in [3.63, 3.8) is 0 Å². The van der Waals surface area contributed by atoms with Gasteiger partial charge in [-0.1, -0.05) is 6.92 Å². The Kier molecular flexibility index (Phi) is 2.66. The molecule has 0 aliphatic rings. The van der Waals surface area contributed by atoms with Crippen molar-refractivity contribution in [1.29, 1.82) is 0 Å². The van der Waals surface area contributed by atoms with Gasteiger partial charge in [0.15, 0.2) is 5.43 Å². The van der Waals surface area contributed by atoms with E-state index in [4.69, 9.17) is 9.52 Å². The maximum absolute atomic E-state index is 11.7. The molecule has 0 amide bonds. The molecule has 0 aliphatic heterocycles. The van der Waals surface area contributed by atoms with Gasteiger partial charge in [0.25, 0.3) is 0 Å². The first-order valence-corrected chi connectivity index (χ1v) is 5.05. The summed E-state index contributed by atoms with van der Waals surface area (Å²) in [5.41, 5.74) is 0.484. The lowest BCUT2D eigenvalue weighted by molar-refractivity contribution is 0.281. The standard InChI is InChI=1S/C12H12O4/c1-2-8-5-10(15)11-9(14)4-3-7(6-13)12(11)16-8/h3-5,13-14H,2,6H2,1H3. The van der Waals surface area contributed by atoms with Gasteiger partial charge in [0, 0.05) is 18.1 Å². The van der Waals surface area contributed by atoms with Crippen LogP contribution in [-0.2, 0) is 13.0 Å². The third-order valence-electron chi connectivity index (χ3n) is 2.51. The van der Waals surface area contributed by atoms with Crippen LogP contribution in [-0.4, -0.2) is 10.2 Å². The molecule has 4 heteroatoms. The van der Waals surface area contributed by atoms with Gasteiger partial charge in [-0.05, 0) is 12.1 Å². The van der Waals surface area contributed by atoms with E-state index in [1.165, 1.54) is 12.1 Å². The number of aliphatic hydroxyl groups excluding tert-OH is 1. The van der Waals surface area contributed by atoms with Crippen LogP contribution in [0.3, 0.4) is 0 Å². The first kappa shape index (κ1) is 10.7. The fourth-order valence-electron chi connectivity index (χ4n) is 1.65. The highest BCUT2D eigenvalue weighted by molar-refractivity contribution is 5.85. The average molecular weight is 220 g/mol. The molecule has 0 aliphatic carbocycles. The fraction of sp³-hybridized carbons (Fsp3) is 0.250. The van der Waals surface area contributed by atoms with Crippen molar-refractivity contribution >= 4 is 11.0 Å². The number of rotatable bonds is 2. The van der Waals surface area contributed by atoms with Gasteiger partial charge in [-0.2, -0.15) is 0 Å². The van der Waals surface area contributed by atoms with E-state index < -0.39 is 0 Å². The van der Waals surface area contributed by atoms with Gasteiger partial charge < -0.3 is 14.6 Å². The number of aromatic hydroxyl groups is 1. The maximum Gasteiger partial charge on any atom is 0.196 e. The van der Waals surface area contributed by atoms with E-state index in [-0.39, 0.29) is 28.8 Å². The van der Waals surface area contributed by atoms with Crippen LogP contribution in [0.25, 0.3) is 11.0 Å². The molecular formula is C12H12O4. The number of aliphatic hydroxyl groups is 1. The molecule has 4 nitrogen and oxygen atoms in total. The van der Waals surface area contributed by atoms with Crippen molar-refractivity contribution < 1.29 is 14.6 Å². The smallest absolute Gasteiger partial charge is 0.196 e. The minimum Gasteiger partial charge on any atom is -0.507 e. The van der Waals surface area contributed by atoms with Crippen LogP contribution in [0.5, 0.6) is 5.75 Å². The van der Waals surface area contributed by atoms with Gasteiger partial charge in [-0.15, -0.1) is 0 Å². The lowest BCUT2D eigenvalue weighted by Crippen LogP contribution is -2.03. The summed E-state index contributed by atoms with van der Waals surface area (Å²) in [6, 6.07) is 4.29. The van der Waals surface area contributed by atoms with Crippen LogP contribution in [0, 0.1) is 0 Å². The van der Waals surface area contributed by atoms with Gasteiger partial charge in [-0.3, -0.25) is 4.79 Å². The third kappa shape index (κ3) is 1.57.